The van der Waals surface area contributed by atoms with Gasteiger partial charge in [-0.05, 0) is 25.0 Å². The molecule has 0 bridgehead atoms. The Morgan fingerprint density at radius 3 is 3.00 bits per heavy atom. The maximum atomic E-state index is 5.41. The van der Waals surface area contributed by atoms with E-state index in [1.54, 1.807) is 0 Å². The van der Waals surface area contributed by atoms with Crippen molar-refractivity contribution < 1.29 is 4.74 Å². The highest BCUT2D eigenvalue weighted by Crippen LogP contribution is 2.23. The third kappa shape index (κ3) is 2.82. The van der Waals surface area contributed by atoms with E-state index in [0.717, 1.165) is 49.3 Å². The summed E-state index contributed by atoms with van der Waals surface area (Å²) in [6.07, 6.45) is 2.07. The second kappa shape index (κ2) is 6.05. The number of aromatic nitrogens is 2. The summed E-state index contributed by atoms with van der Waals surface area (Å²) in [7, 11) is 0. The minimum Gasteiger partial charge on any atom is -0.379 e. The molecule has 2 heterocycles. The largest absolute Gasteiger partial charge is 0.379 e. The van der Waals surface area contributed by atoms with Crippen molar-refractivity contribution in [1.82, 2.24) is 9.97 Å². The minimum absolute atomic E-state index is 0.340. The predicted molar refractivity (Wildman–Crippen MR) is 81.2 cm³/mol. The van der Waals surface area contributed by atoms with Gasteiger partial charge in [0.05, 0.1) is 18.2 Å². The van der Waals surface area contributed by atoms with Crippen molar-refractivity contribution in [3.05, 3.63) is 24.3 Å². The Kier molecular flexibility index (Phi) is 3.97. The summed E-state index contributed by atoms with van der Waals surface area (Å²) >= 11 is 0. The predicted octanol–water partition coefficient (Wildman–Crippen LogP) is 2.65. The van der Waals surface area contributed by atoms with E-state index >= 15 is 0 Å². The standard InChI is InChI=1S/C15H20N4O/c1-2-8-16-15-18-13-6-4-3-5-12(13)14(19-15)17-11-7-9-20-10-11/h3-6,11H,2,7-10H2,1H3,(H2,16,17,18,19). The van der Waals surface area contributed by atoms with E-state index in [0.29, 0.717) is 12.0 Å². The van der Waals surface area contributed by atoms with Crippen LogP contribution in [0.15, 0.2) is 24.3 Å². The van der Waals surface area contributed by atoms with Gasteiger partial charge in [0.2, 0.25) is 5.95 Å². The van der Waals surface area contributed by atoms with Gasteiger partial charge in [-0.15, -0.1) is 0 Å². The number of benzene rings is 1. The molecule has 1 fully saturated rings. The van der Waals surface area contributed by atoms with Crippen molar-refractivity contribution in [2.75, 3.05) is 30.4 Å². The summed E-state index contributed by atoms with van der Waals surface area (Å²) in [5.41, 5.74) is 0.961. The number of hydrogen-bond acceptors (Lipinski definition) is 5. The number of ether oxygens (including phenoxy) is 1. The van der Waals surface area contributed by atoms with E-state index in [1.165, 1.54) is 0 Å². The molecule has 1 saturated heterocycles. The average molecular weight is 272 g/mol. The molecule has 0 amide bonds. The molecule has 3 rings (SSSR count). The van der Waals surface area contributed by atoms with Gasteiger partial charge in [0, 0.05) is 18.5 Å². The Labute approximate surface area is 118 Å². The molecule has 2 N–H and O–H groups in total. The van der Waals surface area contributed by atoms with E-state index in [9.17, 15) is 0 Å². The lowest BCUT2D eigenvalue weighted by atomic mass is 10.2. The number of hydrogen-bond donors (Lipinski definition) is 2. The molecule has 5 heteroatoms. The lowest BCUT2D eigenvalue weighted by molar-refractivity contribution is 0.195. The molecule has 5 nitrogen and oxygen atoms in total. The number of para-hydroxylation sites is 1. The molecule has 1 aliphatic heterocycles. The van der Waals surface area contributed by atoms with Crippen LogP contribution in [0.1, 0.15) is 19.8 Å². The van der Waals surface area contributed by atoms with Gasteiger partial charge in [0.25, 0.3) is 0 Å². The van der Waals surface area contributed by atoms with E-state index in [-0.39, 0.29) is 0 Å². The van der Waals surface area contributed by atoms with Crippen molar-refractivity contribution in [3.63, 3.8) is 0 Å². The first-order chi connectivity index (χ1) is 9.86. The van der Waals surface area contributed by atoms with Gasteiger partial charge in [0.1, 0.15) is 5.82 Å². The average Bonchev–Trinajstić information content (AvgIpc) is 2.98. The van der Waals surface area contributed by atoms with Crippen LogP contribution in [0, 0.1) is 0 Å². The first-order valence-electron chi connectivity index (χ1n) is 7.21. The fraction of sp³-hybridized carbons (Fsp3) is 0.467. The number of fused-ring (bicyclic) bond motifs is 1. The zero-order valence-corrected chi connectivity index (χ0v) is 11.7. The van der Waals surface area contributed by atoms with Gasteiger partial charge < -0.3 is 15.4 Å². The molecule has 0 saturated carbocycles. The van der Waals surface area contributed by atoms with Gasteiger partial charge in [-0.25, -0.2) is 4.98 Å². The first-order valence-corrected chi connectivity index (χ1v) is 7.21. The maximum Gasteiger partial charge on any atom is 0.225 e. The van der Waals surface area contributed by atoms with Crippen LogP contribution in [0.3, 0.4) is 0 Å². The number of anilines is 2. The molecule has 1 aromatic carbocycles. The SMILES string of the molecule is CCCNc1nc(NC2CCOC2)c2ccccc2n1. The molecule has 2 aromatic rings. The van der Waals surface area contributed by atoms with E-state index < -0.39 is 0 Å². The van der Waals surface area contributed by atoms with Crippen molar-refractivity contribution in [3.8, 4) is 0 Å². The Bertz CT molecular complexity index is 581. The molecule has 106 valence electrons. The molecule has 1 aromatic heterocycles. The van der Waals surface area contributed by atoms with Crippen LogP contribution in [0.25, 0.3) is 10.9 Å². The van der Waals surface area contributed by atoms with Crippen molar-refractivity contribution in [2.45, 2.75) is 25.8 Å². The van der Waals surface area contributed by atoms with Gasteiger partial charge in [-0.1, -0.05) is 19.1 Å². The highest BCUT2D eigenvalue weighted by Gasteiger charge is 2.17. The molecule has 0 spiro atoms. The molecular weight excluding hydrogens is 252 g/mol. The van der Waals surface area contributed by atoms with Gasteiger partial charge in [-0.2, -0.15) is 4.98 Å². The zero-order chi connectivity index (χ0) is 13.8. The van der Waals surface area contributed by atoms with E-state index in [2.05, 4.69) is 33.6 Å². The fourth-order valence-corrected chi connectivity index (χ4v) is 2.34. The lowest BCUT2D eigenvalue weighted by Crippen LogP contribution is -2.20. The Hall–Kier alpha value is -1.88. The van der Waals surface area contributed by atoms with Crippen LogP contribution in [-0.2, 0) is 4.74 Å². The summed E-state index contributed by atoms with van der Waals surface area (Å²) in [5, 5.41) is 7.80. The quantitative estimate of drug-likeness (QED) is 0.876. The Balaban J connectivity index is 1.93. The monoisotopic (exact) mass is 272 g/mol. The highest BCUT2D eigenvalue weighted by atomic mass is 16.5. The van der Waals surface area contributed by atoms with Gasteiger partial charge in [-0.3, -0.25) is 0 Å². The first kappa shape index (κ1) is 13.1. The third-order valence-corrected chi connectivity index (χ3v) is 3.41. The summed E-state index contributed by atoms with van der Waals surface area (Å²) < 4.78 is 5.41. The molecule has 1 aliphatic rings. The van der Waals surface area contributed by atoms with Crippen molar-refractivity contribution in [1.29, 1.82) is 0 Å². The number of rotatable bonds is 5. The third-order valence-electron chi connectivity index (χ3n) is 3.41. The second-order valence-corrected chi connectivity index (χ2v) is 5.04. The normalized spacial score (nSPS) is 18.4. The summed E-state index contributed by atoms with van der Waals surface area (Å²) in [5.74, 6) is 1.58. The number of nitrogens with zero attached hydrogens (tertiary/aromatic N) is 2. The van der Waals surface area contributed by atoms with Crippen molar-refractivity contribution >= 4 is 22.7 Å². The van der Waals surface area contributed by atoms with Crippen LogP contribution in [-0.4, -0.2) is 35.8 Å². The second-order valence-electron chi connectivity index (χ2n) is 5.04. The minimum atomic E-state index is 0.340. The summed E-state index contributed by atoms with van der Waals surface area (Å²) in [6.45, 7) is 4.57. The highest BCUT2D eigenvalue weighted by molar-refractivity contribution is 5.90. The maximum absolute atomic E-state index is 5.41. The topological polar surface area (TPSA) is 59.1 Å². The van der Waals surface area contributed by atoms with Gasteiger partial charge in [0.15, 0.2) is 0 Å². The Morgan fingerprint density at radius 1 is 1.30 bits per heavy atom. The summed E-state index contributed by atoms with van der Waals surface area (Å²) in [6, 6.07) is 8.43. The molecule has 0 aliphatic carbocycles. The molecule has 20 heavy (non-hydrogen) atoms. The lowest BCUT2D eigenvalue weighted by Gasteiger charge is -2.15. The van der Waals surface area contributed by atoms with Crippen LogP contribution in [0.5, 0.6) is 0 Å². The molecule has 1 unspecified atom stereocenters. The van der Waals surface area contributed by atoms with Crippen molar-refractivity contribution in [2.24, 2.45) is 0 Å². The van der Waals surface area contributed by atoms with Gasteiger partial charge >= 0.3 is 0 Å². The summed E-state index contributed by atoms with van der Waals surface area (Å²) in [4.78, 5) is 9.17. The molecular formula is C15H20N4O. The van der Waals surface area contributed by atoms with E-state index in [1.807, 2.05) is 18.2 Å². The molecule has 0 radical (unpaired) electrons. The van der Waals surface area contributed by atoms with Crippen LogP contribution in [0.2, 0.25) is 0 Å². The zero-order valence-electron chi connectivity index (χ0n) is 11.7. The smallest absolute Gasteiger partial charge is 0.225 e. The molecule has 1 atom stereocenters. The van der Waals surface area contributed by atoms with E-state index in [4.69, 9.17) is 4.74 Å². The fourth-order valence-electron chi connectivity index (χ4n) is 2.34. The van der Waals surface area contributed by atoms with Crippen LogP contribution in [0.4, 0.5) is 11.8 Å². The number of nitrogens with one attached hydrogen (secondary N) is 2. The van der Waals surface area contributed by atoms with Crippen LogP contribution >= 0.6 is 0 Å². The van der Waals surface area contributed by atoms with Crippen LogP contribution < -0.4 is 10.6 Å². The Morgan fingerprint density at radius 2 is 2.20 bits per heavy atom.